The highest BCUT2D eigenvalue weighted by molar-refractivity contribution is 6.17. The SMILES string of the molecule is COc1cc([N+](=O)[O-])ccc1OCCCCl. The molecular weight excluding hydrogens is 234 g/mol. The number of halogens is 1. The second-order valence-electron chi connectivity index (χ2n) is 2.98. The Kier molecular flexibility index (Phi) is 4.85. The quantitative estimate of drug-likeness (QED) is 0.335. The van der Waals surface area contributed by atoms with E-state index in [1.807, 2.05) is 0 Å². The van der Waals surface area contributed by atoms with Gasteiger partial charge in [0.05, 0.1) is 24.7 Å². The van der Waals surface area contributed by atoms with Crippen LogP contribution in [0.3, 0.4) is 0 Å². The Morgan fingerprint density at radius 1 is 1.44 bits per heavy atom. The monoisotopic (exact) mass is 245 g/mol. The normalized spacial score (nSPS) is 9.88. The number of non-ortho nitro benzene ring substituents is 1. The van der Waals surface area contributed by atoms with Crippen molar-refractivity contribution in [1.29, 1.82) is 0 Å². The van der Waals surface area contributed by atoms with Gasteiger partial charge in [-0.3, -0.25) is 10.1 Å². The lowest BCUT2D eigenvalue weighted by Gasteiger charge is -2.09. The summed E-state index contributed by atoms with van der Waals surface area (Å²) in [4.78, 5) is 10.1. The van der Waals surface area contributed by atoms with Crippen molar-refractivity contribution in [3.8, 4) is 11.5 Å². The maximum Gasteiger partial charge on any atom is 0.273 e. The minimum absolute atomic E-state index is 0.0263. The third-order valence-electron chi connectivity index (χ3n) is 1.89. The van der Waals surface area contributed by atoms with Crippen molar-refractivity contribution in [2.75, 3.05) is 19.6 Å². The first-order chi connectivity index (χ1) is 7.69. The van der Waals surface area contributed by atoms with E-state index in [1.54, 1.807) is 0 Å². The van der Waals surface area contributed by atoms with Gasteiger partial charge in [0.2, 0.25) is 0 Å². The van der Waals surface area contributed by atoms with E-state index in [4.69, 9.17) is 21.1 Å². The Hall–Kier alpha value is -1.49. The molecule has 0 fully saturated rings. The van der Waals surface area contributed by atoms with Crippen LogP contribution in [0.15, 0.2) is 18.2 Å². The molecule has 88 valence electrons. The van der Waals surface area contributed by atoms with Crippen LogP contribution in [0.4, 0.5) is 5.69 Å². The molecule has 0 radical (unpaired) electrons. The number of benzene rings is 1. The van der Waals surface area contributed by atoms with E-state index in [-0.39, 0.29) is 5.69 Å². The lowest BCUT2D eigenvalue weighted by molar-refractivity contribution is -0.384. The van der Waals surface area contributed by atoms with Gasteiger partial charge in [0.15, 0.2) is 11.5 Å². The van der Waals surface area contributed by atoms with Crippen LogP contribution in [0.2, 0.25) is 0 Å². The molecule has 0 N–H and O–H groups in total. The van der Waals surface area contributed by atoms with Crippen LogP contribution in [0.25, 0.3) is 0 Å². The van der Waals surface area contributed by atoms with E-state index in [1.165, 1.54) is 25.3 Å². The molecule has 0 heterocycles. The number of hydrogen-bond donors (Lipinski definition) is 0. The molecule has 0 amide bonds. The molecule has 0 spiro atoms. The predicted molar refractivity (Wildman–Crippen MR) is 60.5 cm³/mol. The van der Waals surface area contributed by atoms with Crippen LogP contribution in [-0.2, 0) is 0 Å². The summed E-state index contributed by atoms with van der Waals surface area (Å²) in [6.07, 6.45) is 0.710. The summed E-state index contributed by atoms with van der Waals surface area (Å²) in [6.45, 7) is 0.456. The molecule has 1 aromatic carbocycles. The number of hydrogen-bond acceptors (Lipinski definition) is 4. The summed E-state index contributed by atoms with van der Waals surface area (Å²) < 4.78 is 10.4. The number of nitro groups is 1. The topological polar surface area (TPSA) is 61.6 Å². The fraction of sp³-hybridized carbons (Fsp3) is 0.400. The first-order valence-electron chi connectivity index (χ1n) is 4.70. The molecule has 0 aliphatic heterocycles. The Labute approximate surface area is 98.1 Å². The van der Waals surface area contributed by atoms with Crippen LogP contribution < -0.4 is 9.47 Å². The van der Waals surface area contributed by atoms with Crippen LogP contribution in [0.1, 0.15) is 6.42 Å². The average Bonchev–Trinajstić information content (AvgIpc) is 2.29. The van der Waals surface area contributed by atoms with Gasteiger partial charge in [0.25, 0.3) is 5.69 Å². The molecule has 0 aliphatic rings. The van der Waals surface area contributed by atoms with Crippen molar-refractivity contribution in [2.24, 2.45) is 0 Å². The highest BCUT2D eigenvalue weighted by Gasteiger charge is 2.11. The predicted octanol–water partition coefficient (Wildman–Crippen LogP) is 2.61. The molecule has 1 aromatic rings. The van der Waals surface area contributed by atoms with Crippen LogP contribution in [0, 0.1) is 10.1 Å². The van der Waals surface area contributed by atoms with Gasteiger partial charge in [-0.25, -0.2) is 0 Å². The van der Waals surface area contributed by atoms with Gasteiger partial charge in [0, 0.05) is 11.9 Å². The van der Waals surface area contributed by atoms with Crippen LogP contribution in [-0.4, -0.2) is 24.5 Å². The van der Waals surface area contributed by atoms with Gasteiger partial charge in [-0.2, -0.15) is 0 Å². The third kappa shape index (κ3) is 3.27. The van der Waals surface area contributed by atoms with Gasteiger partial charge >= 0.3 is 0 Å². The molecule has 1 rings (SSSR count). The summed E-state index contributed by atoms with van der Waals surface area (Å²) in [5, 5.41) is 10.5. The Morgan fingerprint density at radius 2 is 2.19 bits per heavy atom. The molecule has 16 heavy (non-hydrogen) atoms. The largest absolute Gasteiger partial charge is 0.493 e. The second kappa shape index (κ2) is 6.17. The third-order valence-corrected chi connectivity index (χ3v) is 2.16. The standard InChI is InChI=1S/C10H12ClNO4/c1-15-10-7-8(12(13)14)3-4-9(10)16-6-2-5-11/h3-4,7H,2,5-6H2,1H3. The molecule has 0 aliphatic carbocycles. The number of nitro benzene ring substituents is 1. The maximum absolute atomic E-state index is 10.5. The molecular formula is C10H12ClNO4. The number of methoxy groups -OCH3 is 1. The lowest BCUT2D eigenvalue weighted by Crippen LogP contribution is -2.00. The molecule has 0 saturated heterocycles. The average molecular weight is 246 g/mol. The fourth-order valence-electron chi connectivity index (χ4n) is 1.13. The highest BCUT2D eigenvalue weighted by atomic mass is 35.5. The van der Waals surface area contributed by atoms with Gasteiger partial charge < -0.3 is 9.47 Å². The first kappa shape index (κ1) is 12.6. The van der Waals surface area contributed by atoms with E-state index < -0.39 is 4.92 Å². The number of ether oxygens (including phenoxy) is 2. The zero-order chi connectivity index (χ0) is 12.0. The van der Waals surface area contributed by atoms with E-state index >= 15 is 0 Å². The van der Waals surface area contributed by atoms with Crippen molar-refractivity contribution in [1.82, 2.24) is 0 Å². The van der Waals surface area contributed by atoms with Gasteiger partial charge in [-0.05, 0) is 12.5 Å². The zero-order valence-corrected chi connectivity index (χ0v) is 9.57. The zero-order valence-electron chi connectivity index (χ0n) is 8.81. The van der Waals surface area contributed by atoms with Crippen molar-refractivity contribution < 1.29 is 14.4 Å². The number of alkyl halides is 1. The van der Waals surface area contributed by atoms with E-state index in [0.29, 0.717) is 30.4 Å². The van der Waals surface area contributed by atoms with Gasteiger partial charge in [-0.15, -0.1) is 11.6 Å². The molecule has 0 bridgehead atoms. The van der Waals surface area contributed by atoms with Crippen molar-refractivity contribution in [3.63, 3.8) is 0 Å². The van der Waals surface area contributed by atoms with E-state index in [9.17, 15) is 10.1 Å². The minimum Gasteiger partial charge on any atom is -0.493 e. The van der Waals surface area contributed by atoms with Crippen LogP contribution in [0.5, 0.6) is 11.5 Å². The highest BCUT2D eigenvalue weighted by Crippen LogP contribution is 2.31. The Balaban J connectivity index is 2.80. The van der Waals surface area contributed by atoms with E-state index in [0.717, 1.165) is 0 Å². The number of nitrogens with zero attached hydrogens (tertiary/aromatic N) is 1. The first-order valence-corrected chi connectivity index (χ1v) is 5.23. The summed E-state index contributed by atoms with van der Waals surface area (Å²) in [5.74, 6) is 1.34. The second-order valence-corrected chi connectivity index (χ2v) is 3.36. The van der Waals surface area contributed by atoms with Crippen molar-refractivity contribution >= 4 is 17.3 Å². The molecule has 0 saturated carbocycles. The summed E-state index contributed by atoms with van der Waals surface area (Å²) in [6, 6.07) is 4.22. The Morgan fingerprint density at radius 3 is 2.75 bits per heavy atom. The molecule has 0 atom stereocenters. The smallest absolute Gasteiger partial charge is 0.273 e. The van der Waals surface area contributed by atoms with Gasteiger partial charge in [0.1, 0.15) is 0 Å². The fourth-order valence-corrected chi connectivity index (χ4v) is 1.23. The summed E-state index contributed by atoms with van der Waals surface area (Å²) in [5.41, 5.74) is -0.0263. The summed E-state index contributed by atoms with van der Waals surface area (Å²) in [7, 11) is 1.44. The molecule has 0 aromatic heterocycles. The Bertz CT molecular complexity index is 370. The molecule has 5 nitrogen and oxygen atoms in total. The lowest BCUT2D eigenvalue weighted by atomic mass is 10.3. The van der Waals surface area contributed by atoms with Crippen LogP contribution >= 0.6 is 11.6 Å². The maximum atomic E-state index is 10.5. The number of rotatable bonds is 6. The molecule has 0 unspecified atom stereocenters. The van der Waals surface area contributed by atoms with Crippen molar-refractivity contribution in [2.45, 2.75) is 6.42 Å². The minimum atomic E-state index is -0.481. The van der Waals surface area contributed by atoms with E-state index in [2.05, 4.69) is 0 Å². The summed E-state index contributed by atoms with van der Waals surface area (Å²) >= 11 is 5.51. The van der Waals surface area contributed by atoms with Gasteiger partial charge in [-0.1, -0.05) is 0 Å². The van der Waals surface area contributed by atoms with Crippen molar-refractivity contribution in [3.05, 3.63) is 28.3 Å². The molecule has 6 heteroatoms.